The molecule has 2 rings (SSSR count). The lowest BCUT2D eigenvalue weighted by atomic mass is 10.2. The summed E-state index contributed by atoms with van der Waals surface area (Å²) in [6.45, 7) is 3.89. The van der Waals surface area contributed by atoms with Gasteiger partial charge in [-0.05, 0) is 19.4 Å². The number of rotatable bonds is 8. The van der Waals surface area contributed by atoms with E-state index < -0.39 is 10.0 Å². The van der Waals surface area contributed by atoms with Crippen LogP contribution in [-0.4, -0.2) is 59.7 Å². The van der Waals surface area contributed by atoms with Gasteiger partial charge in [-0.2, -0.15) is 4.31 Å². The number of methoxy groups -OCH3 is 3. The zero-order valence-corrected chi connectivity index (χ0v) is 16.7. The highest BCUT2D eigenvalue weighted by Crippen LogP contribution is 2.40. The van der Waals surface area contributed by atoms with Gasteiger partial charge in [-0.15, -0.1) is 12.4 Å². The average Bonchev–Trinajstić information content (AvgIpc) is 3.11. The molecule has 0 amide bonds. The van der Waals surface area contributed by atoms with Gasteiger partial charge in [0.15, 0.2) is 4.90 Å². The van der Waals surface area contributed by atoms with Crippen LogP contribution in [0.25, 0.3) is 0 Å². The summed E-state index contributed by atoms with van der Waals surface area (Å²) < 4.78 is 44.1. The fourth-order valence-electron chi connectivity index (χ4n) is 2.95. The van der Waals surface area contributed by atoms with Crippen LogP contribution in [0.1, 0.15) is 19.8 Å². The smallest absolute Gasteiger partial charge is 0.250 e. The zero-order valence-electron chi connectivity index (χ0n) is 15.1. The SMILES string of the molecule is CCCN(C1CCNC1)S(=O)(=O)c1c(OC)cc(OC)cc1OC.Cl. The third-order valence-electron chi connectivity index (χ3n) is 4.12. The number of nitrogens with zero attached hydrogens (tertiary/aromatic N) is 1. The van der Waals surface area contributed by atoms with Crippen molar-refractivity contribution >= 4 is 22.4 Å². The molecule has 0 aliphatic carbocycles. The Morgan fingerprint density at radius 3 is 2.16 bits per heavy atom. The second kappa shape index (κ2) is 9.47. The monoisotopic (exact) mass is 394 g/mol. The fourth-order valence-corrected chi connectivity index (χ4v) is 4.97. The van der Waals surface area contributed by atoms with Gasteiger partial charge in [0.1, 0.15) is 17.2 Å². The molecule has 0 saturated carbocycles. The molecule has 1 fully saturated rings. The lowest BCUT2D eigenvalue weighted by molar-refractivity contribution is 0.324. The van der Waals surface area contributed by atoms with Gasteiger partial charge in [0.2, 0.25) is 0 Å². The molecule has 0 radical (unpaired) electrons. The summed E-state index contributed by atoms with van der Waals surface area (Å²) in [5.74, 6) is 0.920. The molecule has 1 aromatic carbocycles. The Hall–Kier alpha value is -1.22. The van der Waals surface area contributed by atoms with Crippen LogP contribution in [0.2, 0.25) is 0 Å². The number of nitrogens with one attached hydrogen (secondary N) is 1. The topological polar surface area (TPSA) is 77.1 Å². The molecule has 7 nitrogen and oxygen atoms in total. The minimum atomic E-state index is -3.77. The molecule has 0 bridgehead atoms. The second-order valence-corrected chi connectivity index (χ2v) is 7.45. The van der Waals surface area contributed by atoms with Crippen LogP contribution >= 0.6 is 12.4 Å². The van der Waals surface area contributed by atoms with Crippen LogP contribution in [0.15, 0.2) is 17.0 Å². The fraction of sp³-hybridized carbons (Fsp3) is 0.625. The standard InChI is InChI=1S/C16H26N2O5S.ClH/c1-5-8-18(12-6-7-17-11-12)24(19,20)16-14(22-3)9-13(21-2)10-15(16)23-4;/h9-10,12,17H,5-8,11H2,1-4H3;1H. The van der Waals surface area contributed by atoms with Crippen molar-refractivity contribution < 1.29 is 22.6 Å². The minimum Gasteiger partial charge on any atom is -0.496 e. The van der Waals surface area contributed by atoms with E-state index in [-0.39, 0.29) is 34.8 Å². The number of hydrogen-bond acceptors (Lipinski definition) is 6. The van der Waals surface area contributed by atoms with Gasteiger partial charge in [0.05, 0.1) is 21.3 Å². The van der Waals surface area contributed by atoms with Crippen LogP contribution in [0.3, 0.4) is 0 Å². The van der Waals surface area contributed by atoms with E-state index in [4.69, 9.17) is 14.2 Å². The van der Waals surface area contributed by atoms with E-state index in [9.17, 15) is 8.42 Å². The molecule has 9 heteroatoms. The van der Waals surface area contributed by atoms with E-state index in [2.05, 4.69) is 5.32 Å². The van der Waals surface area contributed by atoms with Crippen molar-refractivity contribution in [1.82, 2.24) is 9.62 Å². The maximum absolute atomic E-state index is 13.4. The first-order chi connectivity index (χ1) is 11.5. The third-order valence-corrected chi connectivity index (χ3v) is 6.14. The van der Waals surface area contributed by atoms with Gasteiger partial charge in [0.25, 0.3) is 10.0 Å². The van der Waals surface area contributed by atoms with E-state index >= 15 is 0 Å². The Morgan fingerprint density at radius 1 is 1.16 bits per heavy atom. The predicted octanol–water partition coefficient (Wildman–Crippen LogP) is 1.90. The molecular weight excluding hydrogens is 368 g/mol. The first kappa shape index (κ1) is 21.8. The molecule has 1 aromatic rings. The number of ether oxygens (including phenoxy) is 3. The summed E-state index contributed by atoms with van der Waals surface area (Å²) in [5.41, 5.74) is 0. The maximum atomic E-state index is 13.4. The number of hydrogen-bond donors (Lipinski definition) is 1. The molecule has 0 aromatic heterocycles. The molecular formula is C16H27ClN2O5S. The van der Waals surface area contributed by atoms with Crippen molar-refractivity contribution in [2.75, 3.05) is 41.0 Å². The Bertz CT molecular complexity index is 637. The summed E-state index contributed by atoms with van der Waals surface area (Å²) in [6, 6.07) is 3.06. The molecule has 0 spiro atoms. The van der Waals surface area contributed by atoms with Gasteiger partial charge < -0.3 is 19.5 Å². The van der Waals surface area contributed by atoms with Gasteiger partial charge >= 0.3 is 0 Å². The van der Waals surface area contributed by atoms with E-state index in [1.54, 1.807) is 16.4 Å². The van der Waals surface area contributed by atoms with Gasteiger partial charge in [-0.3, -0.25) is 0 Å². The van der Waals surface area contributed by atoms with Crippen molar-refractivity contribution in [2.24, 2.45) is 0 Å². The summed E-state index contributed by atoms with van der Waals surface area (Å²) in [4.78, 5) is 0.0497. The molecule has 1 aliphatic rings. The van der Waals surface area contributed by atoms with Crippen LogP contribution in [0.5, 0.6) is 17.2 Å². The van der Waals surface area contributed by atoms with Crippen LogP contribution in [0.4, 0.5) is 0 Å². The third kappa shape index (κ3) is 4.49. The predicted molar refractivity (Wildman–Crippen MR) is 98.8 cm³/mol. The second-order valence-electron chi connectivity index (χ2n) is 5.62. The minimum absolute atomic E-state index is 0. The number of sulfonamides is 1. The van der Waals surface area contributed by atoms with Crippen molar-refractivity contribution in [2.45, 2.75) is 30.7 Å². The van der Waals surface area contributed by atoms with Crippen molar-refractivity contribution in [3.8, 4) is 17.2 Å². The molecule has 1 atom stereocenters. The Labute approximate surface area is 156 Å². The van der Waals surface area contributed by atoms with Gasteiger partial charge in [0, 0.05) is 31.3 Å². The van der Waals surface area contributed by atoms with Gasteiger partial charge in [-0.25, -0.2) is 8.42 Å². The molecule has 144 valence electrons. The summed E-state index contributed by atoms with van der Waals surface area (Å²) in [6.07, 6.45) is 1.52. The summed E-state index contributed by atoms with van der Waals surface area (Å²) in [5, 5.41) is 3.22. The molecule has 25 heavy (non-hydrogen) atoms. The van der Waals surface area contributed by atoms with Crippen molar-refractivity contribution in [3.05, 3.63) is 12.1 Å². The quantitative estimate of drug-likeness (QED) is 0.725. The summed E-state index contributed by atoms with van der Waals surface area (Å²) in [7, 11) is 0.619. The van der Waals surface area contributed by atoms with Crippen LogP contribution < -0.4 is 19.5 Å². The molecule has 1 N–H and O–H groups in total. The van der Waals surface area contributed by atoms with Crippen LogP contribution in [0, 0.1) is 0 Å². The number of benzene rings is 1. The van der Waals surface area contributed by atoms with E-state index in [0.29, 0.717) is 18.8 Å². The maximum Gasteiger partial charge on any atom is 0.250 e. The normalized spacial score (nSPS) is 17.2. The highest BCUT2D eigenvalue weighted by Gasteiger charge is 2.37. The highest BCUT2D eigenvalue weighted by molar-refractivity contribution is 7.89. The Kier molecular flexibility index (Phi) is 8.27. The lowest BCUT2D eigenvalue weighted by Gasteiger charge is -2.28. The first-order valence-corrected chi connectivity index (χ1v) is 9.46. The largest absolute Gasteiger partial charge is 0.496 e. The highest BCUT2D eigenvalue weighted by atomic mass is 35.5. The molecule has 1 heterocycles. The number of halogens is 1. The summed E-state index contributed by atoms with van der Waals surface area (Å²) >= 11 is 0. The average molecular weight is 395 g/mol. The molecule has 1 unspecified atom stereocenters. The van der Waals surface area contributed by atoms with E-state index in [1.165, 1.54) is 21.3 Å². The van der Waals surface area contributed by atoms with Crippen molar-refractivity contribution in [3.63, 3.8) is 0 Å². The van der Waals surface area contributed by atoms with Crippen LogP contribution in [-0.2, 0) is 10.0 Å². The van der Waals surface area contributed by atoms with Crippen molar-refractivity contribution in [1.29, 1.82) is 0 Å². The molecule has 1 aliphatic heterocycles. The Morgan fingerprint density at radius 2 is 1.76 bits per heavy atom. The first-order valence-electron chi connectivity index (χ1n) is 8.02. The van der Waals surface area contributed by atoms with Gasteiger partial charge in [-0.1, -0.05) is 6.92 Å². The van der Waals surface area contributed by atoms with E-state index in [0.717, 1.165) is 19.4 Å². The van der Waals surface area contributed by atoms with E-state index in [1.807, 2.05) is 6.92 Å². The lowest BCUT2D eigenvalue weighted by Crippen LogP contribution is -2.42. The molecule has 1 saturated heterocycles. The zero-order chi connectivity index (χ0) is 17.7. The Balaban J connectivity index is 0.00000312.